The van der Waals surface area contributed by atoms with Crippen LogP contribution in [0.3, 0.4) is 0 Å². The monoisotopic (exact) mass is 360 g/mol. The summed E-state index contributed by atoms with van der Waals surface area (Å²) in [5.74, 6) is -3.88. The van der Waals surface area contributed by atoms with Crippen molar-refractivity contribution < 1.29 is 22.8 Å². The highest BCUT2D eigenvalue weighted by molar-refractivity contribution is 5.87. The van der Waals surface area contributed by atoms with Gasteiger partial charge >= 0.3 is 0 Å². The van der Waals surface area contributed by atoms with E-state index in [0.717, 1.165) is 17.4 Å². The molecule has 2 amide bonds. The minimum absolute atomic E-state index is 0.0823. The van der Waals surface area contributed by atoms with E-state index >= 15 is 0 Å². The van der Waals surface area contributed by atoms with Crippen molar-refractivity contribution in [2.75, 3.05) is 26.2 Å². The Morgan fingerprint density at radius 3 is 2.04 bits per heavy atom. The maximum Gasteiger partial charge on any atom is 0.267 e. The summed E-state index contributed by atoms with van der Waals surface area (Å²) >= 11 is 0. The first-order valence-electron chi connectivity index (χ1n) is 8.47. The molecule has 0 bridgehead atoms. The summed E-state index contributed by atoms with van der Waals surface area (Å²) in [5.41, 5.74) is 0. The summed E-state index contributed by atoms with van der Waals surface area (Å²) < 4.78 is 39.3. The number of hydrogen-bond acceptors (Lipinski definition) is 2. The molecule has 0 aromatic rings. The van der Waals surface area contributed by atoms with E-state index in [9.17, 15) is 22.8 Å². The number of carbonyl (C=O) groups is 2. The van der Waals surface area contributed by atoms with Gasteiger partial charge in [-0.1, -0.05) is 27.0 Å². The average molecular weight is 360 g/mol. The third kappa shape index (κ3) is 5.90. The van der Waals surface area contributed by atoms with Crippen LogP contribution in [0.2, 0.25) is 0 Å². The highest BCUT2D eigenvalue weighted by atomic mass is 19.3. The van der Waals surface area contributed by atoms with Gasteiger partial charge in [-0.3, -0.25) is 9.59 Å². The molecule has 2 fully saturated rings. The first-order chi connectivity index (χ1) is 11.6. The number of alkyl halides is 3. The van der Waals surface area contributed by atoms with E-state index in [1.54, 1.807) is 0 Å². The third-order valence-corrected chi connectivity index (χ3v) is 4.79. The predicted molar refractivity (Wildman–Crippen MR) is 91.0 cm³/mol. The quantitative estimate of drug-likeness (QED) is 0.710. The van der Waals surface area contributed by atoms with Crippen molar-refractivity contribution in [1.82, 2.24) is 9.80 Å². The van der Waals surface area contributed by atoms with Crippen molar-refractivity contribution in [3.8, 4) is 0 Å². The fourth-order valence-corrected chi connectivity index (χ4v) is 2.72. The molecule has 3 unspecified atom stereocenters. The molecule has 142 valence electrons. The number of amides is 2. The summed E-state index contributed by atoms with van der Waals surface area (Å²) in [4.78, 5) is 24.8. The van der Waals surface area contributed by atoms with Crippen molar-refractivity contribution in [1.29, 1.82) is 0 Å². The van der Waals surface area contributed by atoms with Crippen LogP contribution < -0.4 is 0 Å². The van der Waals surface area contributed by atoms with Crippen molar-refractivity contribution in [2.24, 2.45) is 11.8 Å². The lowest BCUT2D eigenvalue weighted by Gasteiger charge is -2.36. The highest BCUT2D eigenvalue weighted by Crippen LogP contribution is 2.32. The fourth-order valence-electron chi connectivity index (χ4n) is 2.72. The van der Waals surface area contributed by atoms with E-state index in [1.807, 2.05) is 6.92 Å². The smallest absolute Gasteiger partial charge is 0.267 e. The Balaban J connectivity index is 0.000000251. The minimum Gasteiger partial charge on any atom is -0.336 e. The molecule has 0 spiro atoms. The standard InChI is InChI=1S/C9H13F2NO.C9H14FNO/c1-3-8(13)12-5-4-7(2)9(10,11)6-12;1-3-9(12)11-5-4-7(2)8(10)6-11/h3,7H,1,4-6H2,2H3;3,7-8H,1,4-6H2,2H3. The van der Waals surface area contributed by atoms with Gasteiger partial charge in [-0.05, 0) is 30.9 Å². The Morgan fingerprint density at radius 2 is 1.56 bits per heavy atom. The first-order valence-corrected chi connectivity index (χ1v) is 8.47. The summed E-state index contributed by atoms with van der Waals surface area (Å²) in [5, 5.41) is 0. The van der Waals surface area contributed by atoms with Gasteiger partial charge in [0.2, 0.25) is 11.8 Å². The molecule has 0 N–H and O–H groups in total. The molecule has 2 aliphatic heterocycles. The molecule has 0 aromatic heterocycles. The Bertz CT molecular complexity index is 511. The SMILES string of the molecule is C=CC(=O)N1CCC(C)C(F)(F)C1.C=CC(=O)N1CCC(C)C(F)C1. The highest BCUT2D eigenvalue weighted by Gasteiger charge is 2.42. The molecule has 2 rings (SSSR count). The zero-order valence-corrected chi connectivity index (χ0v) is 14.9. The van der Waals surface area contributed by atoms with E-state index < -0.39 is 30.5 Å². The number of halogens is 3. The molecular formula is C18H27F3N2O2. The van der Waals surface area contributed by atoms with Crippen LogP contribution >= 0.6 is 0 Å². The lowest BCUT2D eigenvalue weighted by Crippen LogP contribution is -2.49. The maximum absolute atomic E-state index is 13.1. The molecule has 4 nitrogen and oxygen atoms in total. The topological polar surface area (TPSA) is 40.6 Å². The van der Waals surface area contributed by atoms with E-state index in [2.05, 4.69) is 13.2 Å². The van der Waals surface area contributed by atoms with Crippen molar-refractivity contribution >= 4 is 11.8 Å². The van der Waals surface area contributed by atoms with Gasteiger partial charge in [0, 0.05) is 19.0 Å². The summed E-state index contributed by atoms with van der Waals surface area (Å²) in [6.45, 7) is 10.8. The molecular weight excluding hydrogens is 333 g/mol. The van der Waals surface area contributed by atoms with Gasteiger partial charge in [0.05, 0.1) is 13.1 Å². The van der Waals surface area contributed by atoms with E-state index in [4.69, 9.17) is 0 Å². The Kier molecular flexibility index (Phi) is 7.70. The first kappa shape index (κ1) is 21.3. The zero-order valence-electron chi connectivity index (χ0n) is 14.9. The number of rotatable bonds is 2. The van der Waals surface area contributed by atoms with Crippen molar-refractivity contribution in [3.63, 3.8) is 0 Å². The second-order valence-electron chi connectivity index (χ2n) is 6.69. The van der Waals surface area contributed by atoms with Gasteiger partial charge in [0.15, 0.2) is 0 Å². The Labute approximate surface area is 147 Å². The van der Waals surface area contributed by atoms with E-state index in [1.165, 1.54) is 17.9 Å². The molecule has 2 aliphatic rings. The molecule has 25 heavy (non-hydrogen) atoms. The van der Waals surface area contributed by atoms with E-state index in [-0.39, 0.29) is 18.4 Å². The fraction of sp³-hybridized carbons (Fsp3) is 0.667. The zero-order chi connectivity index (χ0) is 19.2. The summed E-state index contributed by atoms with van der Waals surface area (Å²) in [6, 6.07) is 0. The van der Waals surface area contributed by atoms with Gasteiger partial charge in [0.1, 0.15) is 6.17 Å². The third-order valence-electron chi connectivity index (χ3n) is 4.79. The van der Waals surface area contributed by atoms with Gasteiger partial charge < -0.3 is 9.80 Å². The number of piperidine rings is 2. The molecule has 3 atom stereocenters. The molecule has 2 heterocycles. The van der Waals surface area contributed by atoms with E-state index in [0.29, 0.717) is 19.5 Å². The van der Waals surface area contributed by atoms with Gasteiger partial charge in [0.25, 0.3) is 5.92 Å². The van der Waals surface area contributed by atoms with Crippen LogP contribution in [0.5, 0.6) is 0 Å². The van der Waals surface area contributed by atoms with Crippen molar-refractivity contribution in [2.45, 2.75) is 38.8 Å². The number of carbonyl (C=O) groups excluding carboxylic acids is 2. The van der Waals surface area contributed by atoms with Crippen LogP contribution in [-0.4, -0.2) is 59.9 Å². The Morgan fingerprint density at radius 1 is 1.04 bits per heavy atom. The van der Waals surface area contributed by atoms with Gasteiger partial charge in [-0.15, -0.1) is 0 Å². The summed E-state index contributed by atoms with van der Waals surface area (Å²) in [7, 11) is 0. The van der Waals surface area contributed by atoms with Crippen LogP contribution in [-0.2, 0) is 9.59 Å². The van der Waals surface area contributed by atoms with Gasteiger partial charge in [-0.25, -0.2) is 13.2 Å². The largest absolute Gasteiger partial charge is 0.336 e. The van der Waals surface area contributed by atoms with Crippen LogP contribution in [0.4, 0.5) is 13.2 Å². The molecule has 0 aromatic carbocycles. The number of likely N-dealkylation sites (tertiary alicyclic amines) is 2. The van der Waals surface area contributed by atoms with Gasteiger partial charge in [-0.2, -0.15) is 0 Å². The van der Waals surface area contributed by atoms with Crippen LogP contribution in [0.15, 0.2) is 25.3 Å². The summed E-state index contributed by atoms with van der Waals surface area (Å²) in [6.07, 6.45) is 2.55. The molecule has 7 heteroatoms. The predicted octanol–water partition coefficient (Wildman–Crippen LogP) is 3.06. The number of hydrogen-bond donors (Lipinski definition) is 0. The van der Waals surface area contributed by atoms with Crippen LogP contribution in [0.1, 0.15) is 26.7 Å². The second kappa shape index (κ2) is 9.06. The second-order valence-corrected chi connectivity index (χ2v) is 6.69. The lowest BCUT2D eigenvalue weighted by atomic mass is 9.95. The van der Waals surface area contributed by atoms with Crippen molar-refractivity contribution in [3.05, 3.63) is 25.3 Å². The molecule has 2 saturated heterocycles. The molecule has 0 aliphatic carbocycles. The van der Waals surface area contributed by atoms with Crippen LogP contribution in [0.25, 0.3) is 0 Å². The van der Waals surface area contributed by atoms with Crippen LogP contribution in [0, 0.1) is 11.8 Å². The molecule has 0 radical (unpaired) electrons. The average Bonchev–Trinajstić information content (AvgIpc) is 2.58. The normalized spacial score (nSPS) is 28.4. The number of nitrogens with zero attached hydrogens (tertiary/aromatic N) is 2. The Hall–Kier alpha value is -1.79. The maximum atomic E-state index is 13.1. The molecule has 0 saturated carbocycles. The minimum atomic E-state index is -2.75. The lowest BCUT2D eigenvalue weighted by molar-refractivity contribution is -0.144.